The van der Waals surface area contributed by atoms with Gasteiger partial charge >= 0.3 is 0 Å². The highest BCUT2D eigenvalue weighted by atomic mass is 79.9. The van der Waals surface area contributed by atoms with E-state index in [9.17, 15) is 4.79 Å². The summed E-state index contributed by atoms with van der Waals surface area (Å²) in [5, 5.41) is 4.18. The van der Waals surface area contributed by atoms with Crippen molar-refractivity contribution in [3.8, 4) is 5.75 Å². The third kappa shape index (κ3) is 3.46. The van der Waals surface area contributed by atoms with E-state index in [2.05, 4.69) is 21.0 Å². The fourth-order valence-electron chi connectivity index (χ4n) is 1.36. The first-order chi connectivity index (χ1) is 9.10. The van der Waals surface area contributed by atoms with Gasteiger partial charge in [-0.05, 0) is 24.3 Å². The topological polar surface area (TPSA) is 82.2 Å². The number of aromatic nitrogens is 2. The van der Waals surface area contributed by atoms with Crippen LogP contribution in [0.1, 0.15) is 10.5 Å². The lowest BCUT2D eigenvalue weighted by Gasteiger charge is -2.05. The molecule has 0 atom stereocenters. The number of carbonyl (C=O) groups is 1. The lowest BCUT2D eigenvalue weighted by atomic mass is 10.3. The fraction of sp³-hybridized carbons (Fsp3) is 0.0909. The second-order valence-electron chi connectivity index (χ2n) is 3.57. The minimum Gasteiger partial charge on any atom is -0.471 e. The fourth-order valence-corrected chi connectivity index (χ4v) is 1.86. The van der Waals surface area contributed by atoms with Crippen LogP contribution in [0.2, 0.25) is 5.02 Å². The van der Waals surface area contributed by atoms with Crippen LogP contribution in [-0.4, -0.2) is 15.7 Å². The van der Waals surface area contributed by atoms with Crippen LogP contribution in [0, 0.1) is 0 Å². The molecule has 0 saturated carbocycles. The van der Waals surface area contributed by atoms with E-state index in [4.69, 9.17) is 22.2 Å². The smallest absolute Gasteiger partial charge is 0.287 e. The average Bonchev–Trinajstić information content (AvgIpc) is 2.78. The van der Waals surface area contributed by atoms with E-state index in [0.717, 1.165) is 4.47 Å². The lowest BCUT2D eigenvalue weighted by molar-refractivity contribution is 0.0946. The molecule has 0 spiro atoms. The first-order valence-corrected chi connectivity index (χ1v) is 6.39. The molecular weight excluding hydrogens is 336 g/mol. The van der Waals surface area contributed by atoms with E-state index >= 15 is 0 Å². The molecule has 0 saturated heterocycles. The number of nitrogens with two attached hydrogens (primary N) is 1. The van der Waals surface area contributed by atoms with Crippen molar-refractivity contribution in [2.75, 3.05) is 0 Å². The van der Waals surface area contributed by atoms with Crippen LogP contribution in [0.25, 0.3) is 0 Å². The number of carbonyl (C=O) groups excluding carboxylic acids is 1. The quantitative estimate of drug-likeness (QED) is 0.504. The van der Waals surface area contributed by atoms with Gasteiger partial charge in [0.2, 0.25) is 0 Å². The number of halogens is 2. The highest BCUT2D eigenvalue weighted by molar-refractivity contribution is 9.10. The molecule has 6 nitrogen and oxygen atoms in total. The zero-order valence-corrected chi connectivity index (χ0v) is 12.0. The third-order valence-corrected chi connectivity index (χ3v) is 3.05. The maximum Gasteiger partial charge on any atom is 0.287 e. The van der Waals surface area contributed by atoms with Crippen molar-refractivity contribution in [3.05, 3.63) is 45.7 Å². The third-order valence-electron chi connectivity index (χ3n) is 2.24. The molecule has 0 unspecified atom stereocenters. The Morgan fingerprint density at radius 1 is 1.47 bits per heavy atom. The molecule has 1 amide bonds. The Balaban J connectivity index is 2.04. The van der Waals surface area contributed by atoms with Crippen molar-refractivity contribution in [3.63, 3.8) is 0 Å². The largest absolute Gasteiger partial charge is 0.471 e. The van der Waals surface area contributed by atoms with Gasteiger partial charge in [-0.2, -0.15) is 5.10 Å². The summed E-state index contributed by atoms with van der Waals surface area (Å²) in [6.45, 7) is 0.138. The lowest BCUT2D eigenvalue weighted by Crippen LogP contribution is -2.30. The molecule has 0 bridgehead atoms. The molecule has 0 aliphatic heterocycles. The number of hydrogen-bond donors (Lipinski definition) is 2. The summed E-state index contributed by atoms with van der Waals surface area (Å²) in [7, 11) is 0. The maximum absolute atomic E-state index is 11.3. The zero-order valence-electron chi connectivity index (χ0n) is 9.64. The number of ether oxygens (including phenoxy) is 1. The van der Waals surface area contributed by atoms with Crippen molar-refractivity contribution in [2.24, 2.45) is 5.84 Å². The van der Waals surface area contributed by atoms with Gasteiger partial charge < -0.3 is 4.74 Å². The minimum atomic E-state index is -0.549. The van der Waals surface area contributed by atoms with Gasteiger partial charge in [-0.25, -0.2) is 10.5 Å². The number of nitrogens with zero attached hydrogens (tertiary/aromatic N) is 2. The molecule has 0 fully saturated rings. The highest BCUT2D eigenvalue weighted by Gasteiger charge is 2.14. The van der Waals surface area contributed by atoms with Crippen LogP contribution in [0.15, 0.2) is 34.9 Å². The zero-order chi connectivity index (χ0) is 13.8. The van der Waals surface area contributed by atoms with E-state index in [1.165, 1.54) is 10.9 Å². The van der Waals surface area contributed by atoms with E-state index in [1.54, 1.807) is 0 Å². The number of amides is 1. The van der Waals surface area contributed by atoms with E-state index in [1.807, 2.05) is 29.7 Å². The monoisotopic (exact) mass is 344 g/mol. The first kappa shape index (κ1) is 13.9. The number of hydrazine groups is 1. The SMILES string of the molecule is NNC(=O)c1nn(COc2ccc(Br)cc2)cc1Cl. The molecule has 0 aliphatic rings. The van der Waals surface area contributed by atoms with E-state index in [0.29, 0.717) is 5.75 Å². The van der Waals surface area contributed by atoms with Crippen molar-refractivity contribution in [2.45, 2.75) is 6.73 Å². The molecule has 8 heteroatoms. The summed E-state index contributed by atoms with van der Waals surface area (Å²) in [6, 6.07) is 7.34. The Labute approximate surface area is 122 Å². The Kier molecular flexibility index (Phi) is 4.41. The summed E-state index contributed by atoms with van der Waals surface area (Å²) < 4.78 is 7.86. The van der Waals surface area contributed by atoms with Gasteiger partial charge in [0, 0.05) is 10.7 Å². The predicted octanol–water partition coefficient (Wildman–Crippen LogP) is 1.94. The molecule has 2 rings (SSSR count). The van der Waals surface area contributed by atoms with Gasteiger partial charge in [0.25, 0.3) is 5.91 Å². The number of hydrogen-bond acceptors (Lipinski definition) is 4. The van der Waals surface area contributed by atoms with Crippen molar-refractivity contribution in [1.29, 1.82) is 0 Å². The molecule has 1 aromatic heterocycles. The molecule has 2 aromatic rings. The van der Waals surface area contributed by atoms with E-state index in [-0.39, 0.29) is 17.4 Å². The Morgan fingerprint density at radius 2 is 2.16 bits per heavy atom. The number of nitrogen functional groups attached to an aromatic ring is 1. The Hall–Kier alpha value is -1.57. The van der Waals surface area contributed by atoms with Crippen LogP contribution in [0.5, 0.6) is 5.75 Å². The Morgan fingerprint density at radius 3 is 2.79 bits per heavy atom. The molecular formula is C11H10BrClN4O2. The number of nitrogens with one attached hydrogen (secondary N) is 1. The van der Waals surface area contributed by atoms with E-state index < -0.39 is 5.91 Å². The standard InChI is InChI=1S/C11H10BrClN4O2/c12-7-1-3-8(4-2-7)19-6-17-5-9(13)10(16-17)11(18)15-14/h1-5H,6,14H2,(H,15,18). The summed E-state index contributed by atoms with van der Waals surface area (Å²) in [6.07, 6.45) is 1.49. The van der Waals surface area contributed by atoms with Gasteiger partial charge in [-0.15, -0.1) is 0 Å². The molecule has 3 N–H and O–H groups in total. The minimum absolute atomic E-state index is 0.0589. The van der Waals surface area contributed by atoms with Crippen molar-refractivity contribution in [1.82, 2.24) is 15.2 Å². The molecule has 1 aromatic carbocycles. The van der Waals surface area contributed by atoms with Gasteiger partial charge in [0.15, 0.2) is 12.4 Å². The van der Waals surface area contributed by atoms with Crippen LogP contribution in [0.4, 0.5) is 0 Å². The Bertz CT molecular complexity index is 585. The molecule has 19 heavy (non-hydrogen) atoms. The van der Waals surface area contributed by atoms with Gasteiger partial charge in [-0.1, -0.05) is 27.5 Å². The second kappa shape index (κ2) is 6.05. The summed E-state index contributed by atoms with van der Waals surface area (Å²) in [4.78, 5) is 11.3. The first-order valence-electron chi connectivity index (χ1n) is 5.22. The molecule has 0 radical (unpaired) electrons. The predicted molar refractivity (Wildman–Crippen MR) is 73.7 cm³/mol. The van der Waals surface area contributed by atoms with Crippen molar-refractivity contribution >= 4 is 33.4 Å². The molecule has 0 aliphatic carbocycles. The van der Waals surface area contributed by atoms with Crippen LogP contribution in [0.3, 0.4) is 0 Å². The number of rotatable bonds is 4. The van der Waals surface area contributed by atoms with Gasteiger partial charge in [0.05, 0.1) is 5.02 Å². The normalized spacial score (nSPS) is 10.3. The molecule has 100 valence electrons. The van der Waals surface area contributed by atoms with Gasteiger partial charge in [-0.3, -0.25) is 10.2 Å². The summed E-state index contributed by atoms with van der Waals surface area (Å²) >= 11 is 9.19. The maximum atomic E-state index is 11.3. The summed E-state index contributed by atoms with van der Waals surface area (Å²) in [5.41, 5.74) is 2.03. The summed E-state index contributed by atoms with van der Waals surface area (Å²) in [5.74, 6) is 5.15. The second-order valence-corrected chi connectivity index (χ2v) is 4.89. The average molecular weight is 346 g/mol. The number of benzene rings is 1. The molecule has 1 heterocycles. The highest BCUT2D eigenvalue weighted by Crippen LogP contribution is 2.17. The van der Waals surface area contributed by atoms with Crippen LogP contribution < -0.4 is 16.0 Å². The van der Waals surface area contributed by atoms with Crippen LogP contribution in [-0.2, 0) is 6.73 Å². The van der Waals surface area contributed by atoms with Gasteiger partial charge in [0.1, 0.15) is 5.75 Å². The van der Waals surface area contributed by atoms with Crippen LogP contribution >= 0.6 is 27.5 Å². The van der Waals surface area contributed by atoms with Crippen molar-refractivity contribution < 1.29 is 9.53 Å².